The Kier molecular flexibility index (Phi) is 6.29. The Bertz CT molecular complexity index is 964. The lowest BCUT2D eigenvalue weighted by atomic mass is 9.95. The molecule has 2 aliphatic heterocycles. The average molecular weight is 434 g/mol. The van der Waals surface area contributed by atoms with Crippen LogP contribution in [0.4, 0.5) is 4.39 Å². The second-order valence-electron chi connectivity index (χ2n) is 7.63. The standard InChI is InChI=1S/C21H24FN5S.ClH/c22-17-3-1-2-16(12-17)19-5-4-18(28-19)14-26-9-6-15(7-10-26)21-25-24-20-13-23-8-11-27(20)21;/h1-5,12,15,23H,6-11,13-14H2;1H. The van der Waals surface area contributed by atoms with E-state index in [-0.39, 0.29) is 18.2 Å². The first-order valence-corrected chi connectivity index (χ1v) is 10.8. The molecule has 3 aromatic rings. The van der Waals surface area contributed by atoms with Gasteiger partial charge in [-0.15, -0.1) is 33.9 Å². The highest BCUT2D eigenvalue weighted by molar-refractivity contribution is 7.15. The van der Waals surface area contributed by atoms with E-state index in [1.54, 1.807) is 23.5 Å². The summed E-state index contributed by atoms with van der Waals surface area (Å²) in [4.78, 5) is 4.99. The molecule has 1 saturated heterocycles. The molecule has 0 atom stereocenters. The SMILES string of the molecule is Cl.Fc1cccc(-c2ccc(CN3CCC(c4nnc5n4CCNC5)CC3)s2)c1. The Hall–Kier alpha value is -1.80. The van der Waals surface area contributed by atoms with E-state index < -0.39 is 0 Å². The first kappa shape index (κ1) is 20.5. The number of thiophene rings is 1. The zero-order valence-electron chi connectivity index (χ0n) is 16.2. The van der Waals surface area contributed by atoms with Gasteiger partial charge in [0, 0.05) is 35.3 Å². The maximum atomic E-state index is 13.5. The second-order valence-corrected chi connectivity index (χ2v) is 8.80. The van der Waals surface area contributed by atoms with Crippen LogP contribution >= 0.6 is 23.7 Å². The van der Waals surface area contributed by atoms with Crippen molar-refractivity contribution in [2.45, 2.75) is 38.4 Å². The molecule has 5 nitrogen and oxygen atoms in total. The fourth-order valence-electron chi connectivity index (χ4n) is 4.25. The number of nitrogens with one attached hydrogen (secondary N) is 1. The number of likely N-dealkylation sites (tertiary alicyclic amines) is 1. The minimum Gasteiger partial charge on any atom is -0.312 e. The van der Waals surface area contributed by atoms with Crippen molar-refractivity contribution >= 4 is 23.7 Å². The topological polar surface area (TPSA) is 46.0 Å². The molecule has 2 aromatic heterocycles. The predicted octanol–water partition coefficient (Wildman–Crippen LogP) is 4.05. The highest BCUT2D eigenvalue weighted by Gasteiger charge is 2.27. The fourth-order valence-corrected chi connectivity index (χ4v) is 5.29. The van der Waals surface area contributed by atoms with Crippen LogP contribution in [0.1, 0.15) is 35.3 Å². The Morgan fingerprint density at radius 2 is 1.97 bits per heavy atom. The predicted molar refractivity (Wildman–Crippen MR) is 116 cm³/mol. The number of fused-ring (bicyclic) bond motifs is 1. The molecule has 1 N–H and O–H groups in total. The van der Waals surface area contributed by atoms with Gasteiger partial charge in [0.1, 0.15) is 17.5 Å². The lowest BCUT2D eigenvalue weighted by molar-refractivity contribution is 0.201. The molecule has 1 fully saturated rings. The zero-order valence-corrected chi connectivity index (χ0v) is 17.8. The van der Waals surface area contributed by atoms with Crippen LogP contribution in [-0.4, -0.2) is 39.3 Å². The third-order valence-electron chi connectivity index (χ3n) is 5.75. The van der Waals surface area contributed by atoms with Crippen LogP contribution in [0, 0.1) is 5.82 Å². The molecule has 4 heterocycles. The summed E-state index contributed by atoms with van der Waals surface area (Å²) in [6.07, 6.45) is 2.27. The fraction of sp³-hybridized carbons (Fsp3) is 0.429. The first-order valence-electron chi connectivity index (χ1n) is 9.96. The minimum atomic E-state index is -0.180. The number of hydrogen-bond acceptors (Lipinski definition) is 5. The van der Waals surface area contributed by atoms with Crippen LogP contribution in [0.3, 0.4) is 0 Å². The molecule has 5 rings (SSSR count). The van der Waals surface area contributed by atoms with Crippen molar-refractivity contribution in [3.8, 4) is 10.4 Å². The van der Waals surface area contributed by atoms with E-state index in [2.05, 4.69) is 37.1 Å². The number of nitrogens with zero attached hydrogens (tertiary/aromatic N) is 4. The number of benzene rings is 1. The van der Waals surface area contributed by atoms with E-state index >= 15 is 0 Å². The molecule has 0 spiro atoms. The highest BCUT2D eigenvalue weighted by Crippen LogP contribution is 2.32. The van der Waals surface area contributed by atoms with E-state index in [0.29, 0.717) is 5.92 Å². The summed E-state index contributed by atoms with van der Waals surface area (Å²) in [7, 11) is 0. The molecule has 0 aliphatic carbocycles. The molecule has 0 bridgehead atoms. The summed E-state index contributed by atoms with van der Waals surface area (Å²) in [5, 5.41) is 12.2. The van der Waals surface area contributed by atoms with Gasteiger partial charge in [0.05, 0.1) is 6.54 Å². The Balaban J connectivity index is 0.00000205. The lowest BCUT2D eigenvalue weighted by Crippen LogP contribution is -2.34. The number of aromatic nitrogens is 3. The van der Waals surface area contributed by atoms with Gasteiger partial charge in [-0.05, 0) is 55.8 Å². The molecule has 0 amide bonds. The van der Waals surface area contributed by atoms with Gasteiger partial charge in [0.2, 0.25) is 0 Å². The lowest BCUT2D eigenvalue weighted by Gasteiger charge is -2.31. The van der Waals surface area contributed by atoms with Gasteiger partial charge in [-0.25, -0.2) is 4.39 Å². The van der Waals surface area contributed by atoms with Crippen molar-refractivity contribution in [1.82, 2.24) is 25.0 Å². The Labute approximate surface area is 180 Å². The quantitative estimate of drug-likeness (QED) is 0.674. The summed E-state index contributed by atoms with van der Waals surface area (Å²) in [5.41, 5.74) is 0.959. The Morgan fingerprint density at radius 1 is 1.10 bits per heavy atom. The molecule has 154 valence electrons. The van der Waals surface area contributed by atoms with Crippen molar-refractivity contribution < 1.29 is 4.39 Å². The van der Waals surface area contributed by atoms with Gasteiger partial charge in [-0.1, -0.05) is 12.1 Å². The van der Waals surface area contributed by atoms with Gasteiger partial charge in [-0.3, -0.25) is 4.90 Å². The van der Waals surface area contributed by atoms with Gasteiger partial charge in [-0.2, -0.15) is 0 Å². The average Bonchev–Trinajstić information content (AvgIpc) is 3.36. The summed E-state index contributed by atoms with van der Waals surface area (Å²) < 4.78 is 15.8. The van der Waals surface area contributed by atoms with Crippen LogP contribution in [0.5, 0.6) is 0 Å². The van der Waals surface area contributed by atoms with E-state index in [0.717, 1.165) is 68.4 Å². The van der Waals surface area contributed by atoms with Gasteiger partial charge < -0.3 is 9.88 Å². The van der Waals surface area contributed by atoms with Crippen LogP contribution in [0.2, 0.25) is 0 Å². The summed E-state index contributed by atoms with van der Waals surface area (Å²) in [6, 6.07) is 11.1. The van der Waals surface area contributed by atoms with E-state index in [1.807, 2.05) is 6.07 Å². The maximum absolute atomic E-state index is 13.5. The second kappa shape index (κ2) is 8.92. The first-order chi connectivity index (χ1) is 13.8. The largest absolute Gasteiger partial charge is 0.312 e. The van der Waals surface area contributed by atoms with Crippen molar-refractivity contribution in [3.63, 3.8) is 0 Å². The van der Waals surface area contributed by atoms with Crippen LogP contribution in [-0.2, 0) is 19.6 Å². The molecule has 29 heavy (non-hydrogen) atoms. The molecular formula is C21H25ClFN5S. The van der Waals surface area contributed by atoms with Crippen LogP contribution in [0.15, 0.2) is 36.4 Å². The summed E-state index contributed by atoms with van der Waals surface area (Å²) >= 11 is 1.76. The maximum Gasteiger partial charge on any atom is 0.147 e. The molecular weight excluding hydrogens is 409 g/mol. The third-order valence-corrected chi connectivity index (χ3v) is 6.87. The van der Waals surface area contributed by atoms with Crippen molar-refractivity contribution in [2.24, 2.45) is 0 Å². The normalized spacial score (nSPS) is 17.7. The number of hydrogen-bond donors (Lipinski definition) is 1. The number of rotatable bonds is 4. The summed E-state index contributed by atoms with van der Waals surface area (Å²) in [6.45, 7) is 5.95. The third kappa shape index (κ3) is 4.38. The summed E-state index contributed by atoms with van der Waals surface area (Å²) in [5.74, 6) is 2.59. The zero-order chi connectivity index (χ0) is 18.9. The van der Waals surface area contributed by atoms with Crippen molar-refractivity contribution in [3.05, 3.63) is 58.7 Å². The minimum absolute atomic E-state index is 0. The smallest absolute Gasteiger partial charge is 0.147 e. The van der Waals surface area contributed by atoms with Gasteiger partial charge >= 0.3 is 0 Å². The van der Waals surface area contributed by atoms with E-state index in [9.17, 15) is 4.39 Å². The van der Waals surface area contributed by atoms with Crippen LogP contribution < -0.4 is 5.32 Å². The van der Waals surface area contributed by atoms with Gasteiger partial charge in [0.15, 0.2) is 0 Å². The monoisotopic (exact) mass is 433 g/mol. The molecule has 2 aliphatic rings. The molecule has 1 aromatic carbocycles. The molecule has 0 saturated carbocycles. The highest BCUT2D eigenvalue weighted by atomic mass is 35.5. The Morgan fingerprint density at radius 3 is 2.79 bits per heavy atom. The number of piperidine rings is 1. The number of halogens is 2. The molecule has 0 radical (unpaired) electrons. The van der Waals surface area contributed by atoms with Gasteiger partial charge in [0.25, 0.3) is 0 Å². The van der Waals surface area contributed by atoms with E-state index in [4.69, 9.17) is 0 Å². The molecule has 8 heteroatoms. The van der Waals surface area contributed by atoms with E-state index in [1.165, 1.54) is 16.8 Å². The van der Waals surface area contributed by atoms with Crippen molar-refractivity contribution in [1.29, 1.82) is 0 Å². The van der Waals surface area contributed by atoms with Crippen molar-refractivity contribution in [2.75, 3.05) is 19.6 Å². The molecule has 0 unspecified atom stereocenters. The van der Waals surface area contributed by atoms with Crippen LogP contribution in [0.25, 0.3) is 10.4 Å².